The highest BCUT2D eigenvalue weighted by Gasteiger charge is 2.34. The van der Waals surface area contributed by atoms with Crippen molar-refractivity contribution in [3.8, 4) is 0 Å². The Hall–Kier alpha value is -0.610. The third-order valence-corrected chi connectivity index (χ3v) is 2.75. The molecular formula is C11H21NO3. The van der Waals surface area contributed by atoms with Gasteiger partial charge in [0.2, 0.25) is 0 Å². The third-order valence-electron chi connectivity index (χ3n) is 2.75. The Kier molecular flexibility index (Phi) is 4.54. The van der Waals surface area contributed by atoms with Crippen molar-refractivity contribution in [2.75, 3.05) is 13.2 Å². The summed E-state index contributed by atoms with van der Waals surface area (Å²) in [6.07, 6.45) is 4.10. The predicted molar refractivity (Wildman–Crippen MR) is 57.4 cm³/mol. The van der Waals surface area contributed by atoms with Gasteiger partial charge >= 0.3 is 5.97 Å². The molecule has 0 saturated heterocycles. The van der Waals surface area contributed by atoms with Gasteiger partial charge in [0, 0.05) is 6.54 Å². The molecule has 4 nitrogen and oxygen atoms in total. The highest BCUT2D eigenvalue weighted by atomic mass is 16.6. The summed E-state index contributed by atoms with van der Waals surface area (Å²) >= 11 is 0. The molecule has 0 amide bonds. The zero-order valence-corrected chi connectivity index (χ0v) is 9.62. The Morgan fingerprint density at radius 3 is 2.47 bits per heavy atom. The highest BCUT2D eigenvalue weighted by Crippen LogP contribution is 2.32. The molecule has 0 unspecified atom stereocenters. The molecule has 1 fully saturated rings. The van der Waals surface area contributed by atoms with Crippen LogP contribution in [-0.4, -0.2) is 30.8 Å². The van der Waals surface area contributed by atoms with E-state index >= 15 is 0 Å². The first kappa shape index (κ1) is 12.5. The Morgan fingerprint density at radius 2 is 2.00 bits per heavy atom. The zero-order chi connectivity index (χ0) is 11.3. The Balaban J connectivity index is 2.31. The van der Waals surface area contributed by atoms with Crippen molar-refractivity contribution in [2.45, 2.75) is 51.2 Å². The molecule has 1 saturated carbocycles. The molecule has 0 bridgehead atoms. The Morgan fingerprint density at radius 1 is 1.40 bits per heavy atom. The van der Waals surface area contributed by atoms with Gasteiger partial charge in [-0.15, -0.1) is 0 Å². The van der Waals surface area contributed by atoms with Gasteiger partial charge in [-0.05, 0) is 26.7 Å². The number of carbonyl (C=O) groups is 1. The van der Waals surface area contributed by atoms with Gasteiger partial charge in [0.25, 0.3) is 0 Å². The average molecular weight is 215 g/mol. The Labute approximate surface area is 91.1 Å². The van der Waals surface area contributed by atoms with Crippen LogP contribution in [0.2, 0.25) is 0 Å². The minimum absolute atomic E-state index is 0.0232. The van der Waals surface area contributed by atoms with E-state index < -0.39 is 0 Å². The summed E-state index contributed by atoms with van der Waals surface area (Å²) in [5, 5.41) is 0. The molecule has 1 aliphatic carbocycles. The normalized spacial score (nSPS) is 19.5. The number of nitrogens with two attached hydrogens (primary N) is 1. The van der Waals surface area contributed by atoms with E-state index in [0.717, 1.165) is 25.7 Å². The maximum atomic E-state index is 11.3. The van der Waals surface area contributed by atoms with Crippen molar-refractivity contribution in [1.29, 1.82) is 0 Å². The number of hydrogen-bond acceptors (Lipinski definition) is 4. The molecule has 1 rings (SSSR count). The molecular weight excluding hydrogens is 194 g/mol. The fourth-order valence-corrected chi connectivity index (χ4v) is 1.94. The summed E-state index contributed by atoms with van der Waals surface area (Å²) in [7, 11) is 0. The summed E-state index contributed by atoms with van der Waals surface area (Å²) < 4.78 is 10.6. The lowest BCUT2D eigenvalue weighted by Crippen LogP contribution is -2.39. The van der Waals surface area contributed by atoms with E-state index in [1.807, 2.05) is 13.8 Å². The number of carbonyl (C=O) groups excluding carboxylic acids is 1. The largest absolute Gasteiger partial charge is 0.461 e. The van der Waals surface area contributed by atoms with Crippen LogP contribution in [0.5, 0.6) is 0 Å². The molecule has 0 spiro atoms. The van der Waals surface area contributed by atoms with E-state index in [1.54, 1.807) is 0 Å². The van der Waals surface area contributed by atoms with Crippen molar-refractivity contribution >= 4 is 5.97 Å². The van der Waals surface area contributed by atoms with Crippen molar-refractivity contribution < 1.29 is 14.3 Å². The van der Waals surface area contributed by atoms with E-state index in [0.29, 0.717) is 6.54 Å². The van der Waals surface area contributed by atoms with E-state index in [2.05, 4.69) is 0 Å². The quantitative estimate of drug-likeness (QED) is 0.701. The number of esters is 1. The van der Waals surface area contributed by atoms with E-state index in [4.69, 9.17) is 15.2 Å². The first-order valence-electron chi connectivity index (χ1n) is 5.61. The minimum atomic E-state index is -0.301. The molecule has 1 aliphatic rings. The molecule has 0 atom stereocenters. The first-order valence-corrected chi connectivity index (χ1v) is 5.61. The first-order chi connectivity index (χ1) is 7.08. The molecule has 15 heavy (non-hydrogen) atoms. The SMILES string of the molecule is CC(C)OC(=O)COC1(CN)CCCC1. The fraction of sp³-hybridized carbons (Fsp3) is 0.909. The van der Waals surface area contributed by atoms with Crippen molar-refractivity contribution in [3.63, 3.8) is 0 Å². The van der Waals surface area contributed by atoms with Crippen LogP contribution in [-0.2, 0) is 14.3 Å². The molecule has 4 heteroatoms. The Bertz CT molecular complexity index is 210. The van der Waals surface area contributed by atoms with E-state index in [1.165, 1.54) is 0 Å². The van der Waals surface area contributed by atoms with Gasteiger partial charge in [0.15, 0.2) is 0 Å². The lowest BCUT2D eigenvalue weighted by molar-refractivity contribution is -0.159. The second kappa shape index (κ2) is 5.47. The average Bonchev–Trinajstić information content (AvgIpc) is 2.63. The van der Waals surface area contributed by atoms with Crippen LogP contribution in [0, 0.1) is 0 Å². The van der Waals surface area contributed by atoms with Gasteiger partial charge in [0.05, 0.1) is 11.7 Å². The monoisotopic (exact) mass is 215 g/mol. The minimum Gasteiger partial charge on any atom is -0.461 e. The third kappa shape index (κ3) is 3.80. The van der Waals surface area contributed by atoms with E-state index in [-0.39, 0.29) is 24.3 Å². The van der Waals surface area contributed by atoms with Crippen LogP contribution < -0.4 is 5.73 Å². The summed E-state index contributed by atoms with van der Waals surface area (Å²) in [4.78, 5) is 11.3. The highest BCUT2D eigenvalue weighted by molar-refractivity contribution is 5.70. The van der Waals surface area contributed by atoms with Gasteiger partial charge in [-0.3, -0.25) is 0 Å². The molecule has 0 heterocycles. The maximum Gasteiger partial charge on any atom is 0.332 e. The lowest BCUT2D eigenvalue weighted by atomic mass is 10.0. The van der Waals surface area contributed by atoms with Gasteiger partial charge in [-0.25, -0.2) is 4.79 Å². The predicted octanol–water partition coefficient (Wildman–Crippen LogP) is 1.23. The fourth-order valence-electron chi connectivity index (χ4n) is 1.94. The zero-order valence-electron chi connectivity index (χ0n) is 9.62. The molecule has 2 N–H and O–H groups in total. The number of ether oxygens (including phenoxy) is 2. The molecule has 88 valence electrons. The smallest absolute Gasteiger partial charge is 0.332 e. The summed E-state index contributed by atoms with van der Waals surface area (Å²) in [6, 6.07) is 0. The number of rotatable bonds is 5. The van der Waals surface area contributed by atoms with Crippen LogP contribution >= 0.6 is 0 Å². The van der Waals surface area contributed by atoms with Crippen LogP contribution in [0.3, 0.4) is 0 Å². The van der Waals surface area contributed by atoms with Gasteiger partial charge < -0.3 is 15.2 Å². The number of hydrogen-bond donors (Lipinski definition) is 1. The molecule has 0 radical (unpaired) electrons. The standard InChI is InChI=1S/C11H21NO3/c1-9(2)15-10(13)7-14-11(8-12)5-3-4-6-11/h9H,3-8,12H2,1-2H3. The van der Waals surface area contributed by atoms with Crippen molar-refractivity contribution in [1.82, 2.24) is 0 Å². The van der Waals surface area contributed by atoms with Crippen molar-refractivity contribution in [2.24, 2.45) is 5.73 Å². The van der Waals surface area contributed by atoms with Crippen LogP contribution in [0.4, 0.5) is 0 Å². The van der Waals surface area contributed by atoms with Gasteiger partial charge in [0.1, 0.15) is 6.61 Å². The molecule has 0 aromatic heterocycles. The molecule has 0 aromatic carbocycles. The maximum absolute atomic E-state index is 11.3. The topological polar surface area (TPSA) is 61.5 Å². The summed E-state index contributed by atoms with van der Waals surface area (Å²) in [5.41, 5.74) is 5.41. The lowest BCUT2D eigenvalue weighted by Gasteiger charge is -2.27. The van der Waals surface area contributed by atoms with Crippen molar-refractivity contribution in [3.05, 3.63) is 0 Å². The van der Waals surface area contributed by atoms with Crippen LogP contribution in [0.25, 0.3) is 0 Å². The van der Waals surface area contributed by atoms with Gasteiger partial charge in [-0.2, -0.15) is 0 Å². The van der Waals surface area contributed by atoms with E-state index in [9.17, 15) is 4.79 Å². The second-order valence-electron chi connectivity index (χ2n) is 4.42. The van der Waals surface area contributed by atoms with Gasteiger partial charge in [-0.1, -0.05) is 12.8 Å². The molecule has 0 aromatic rings. The summed E-state index contributed by atoms with van der Waals surface area (Å²) in [6.45, 7) is 4.16. The van der Waals surface area contributed by atoms with Crippen LogP contribution in [0.15, 0.2) is 0 Å². The molecule has 0 aliphatic heterocycles. The second-order valence-corrected chi connectivity index (χ2v) is 4.42. The van der Waals surface area contributed by atoms with Crippen LogP contribution in [0.1, 0.15) is 39.5 Å². The summed E-state index contributed by atoms with van der Waals surface area (Å²) in [5.74, 6) is -0.301.